The van der Waals surface area contributed by atoms with E-state index in [0.29, 0.717) is 35.7 Å². The van der Waals surface area contributed by atoms with Gasteiger partial charge in [0.25, 0.3) is 5.91 Å². The van der Waals surface area contributed by atoms with Crippen LogP contribution in [0.5, 0.6) is 5.75 Å². The van der Waals surface area contributed by atoms with Crippen molar-refractivity contribution in [2.75, 3.05) is 18.4 Å². The molecule has 2 aromatic carbocycles. The van der Waals surface area contributed by atoms with Crippen LogP contribution in [0.25, 0.3) is 10.2 Å². The van der Waals surface area contributed by atoms with E-state index in [1.165, 1.54) is 18.2 Å². The normalized spacial score (nSPS) is 19.7. The van der Waals surface area contributed by atoms with Gasteiger partial charge in [0, 0.05) is 30.2 Å². The van der Waals surface area contributed by atoms with E-state index in [1.54, 1.807) is 0 Å². The fourth-order valence-electron chi connectivity index (χ4n) is 3.90. The first-order chi connectivity index (χ1) is 15.5. The molecule has 0 bridgehead atoms. The van der Waals surface area contributed by atoms with Gasteiger partial charge in [-0.05, 0) is 44.2 Å². The molecule has 0 aliphatic carbocycles. The number of aromatic nitrogens is 1. The first-order valence-electron chi connectivity index (χ1n) is 10.2. The van der Waals surface area contributed by atoms with E-state index in [9.17, 15) is 23.1 Å². The highest BCUT2D eigenvalue weighted by Gasteiger charge is 2.31. The number of rotatable bonds is 4. The van der Waals surface area contributed by atoms with E-state index < -0.39 is 17.6 Å². The van der Waals surface area contributed by atoms with Crippen LogP contribution in [-0.2, 0) is 17.5 Å². The highest BCUT2D eigenvalue weighted by molar-refractivity contribution is 7.22. The summed E-state index contributed by atoms with van der Waals surface area (Å²) in [5.41, 5.74) is -0.0353. The monoisotopic (exact) mass is 499 g/mol. The molecule has 0 radical (unpaired) electrons. The zero-order valence-electron chi connectivity index (χ0n) is 17.7. The molecule has 0 saturated carbocycles. The fourth-order valence-corrected chi connectivity index (χ4v) is 5.01. The van der Waals surface area contributed by atoms with E-state index >= 15 is 0 Å². The second-order valence-corrected chi connectivity index (χ2v) is 9.46. The van der Waals surface area contributed by atoms with Gasteiger partial charge in [0.15, 0.2) is 5.13 Å². The predicted octanol–water partition coefficient (Wildman–Crippen LogP) is 5.54. The molecule has 1 aromatic heterocycles. The number of carbonyl (C=O) groups is 1. The average Bonchev–Trinajstić information content (AvgIpc) is 3.11. The first kappa shape index (κ1) is 23.7. The molecule has 1 fully saturated rings. The minimum absolute atomic E-state index is 0.000932. The molecule has 2 N–H and O–H groups in total. The summed E-state index contributed by atoms with van der Waals surface area (Å²) in [4.78, 5) is 19.1. The van der Waals surface area contributed by atoms with Crippen LogP contribution in [-0.4, -0.2) is 46.2 Å². The van der Waals surface area contributed by atoms with E-state index in [2.05, 4.69) is 15.2 Å². The summed E-state index contributed by atoms with van der Waals surface area (Å²) in [7, 11) is 0. The largest absolute Gasteiger partial charge is 0.507 e. The number of morpholine rings is 1. The number of anilines is 1. The summed E-state index contributed by atoms with van der Waals surface area (Å²) in [6, 6.07) is 6.12. The Morgan fingerprint density at radius 1 is 1.27 bits per heavy atom. The molecule has 2 unspecified atom stereocenters. The van der Waals surface area contributed by atoms with E-state index in [-0.39, 0.29) is 33.4 Å². The van der Waals surface area contributed by atoms with Crippen molar-refractivity contribution in [1.29, 1.82) is 0 Å². The number of alkyl halides is 3. The van der Waals surface area contributed by atoms with Crippen LogP contribution in [0.4, 0.5) is 18.3 Å². The van der Waals surface area contributed by atoms with Crippen LogP contribution in [0.15, 0.2) is 30.3 Å². The topological polar surface area (TPSA) is 74.7 Å². The molecule has 3 aromatic rings. The number of carbonyl (C=O) groups excluding carboxylic acids is 1. The number of aromatic hydroxyl groups is 1. The standard InChI is InChI=1S/C22H21ClF3N3O3S/c1-11-8-29(9-12(2)32-11)10-15-16(23)5-4-14(19(15)30)20(31)28-21-27-17-6-3-13(22(24,25)26)7-18(17)33-21/h3-7,11-12,30H,8-10H2,1-2H3,(H,27,28,31). The van der Waals surface area contributed by atoms with Crippen LogP contribution in [0.3, 0.4) is 0 Å². The van der Waals surface area contributed by atoms with Gasteiger partial charge in [-0.3, -0.25) is 15.0 Å². The third-order valence-electron chi connectivity index (χ3n) is 5.28. The van der Waals surface area contributed by atoms with Gasteiger partial charge in [-0.15, -0.1) is 0 Å². The number of nitrogens with zero attached hydrogens (tertiary/aromatic N) is 2. The van der Waals surface area contributed by atoms with Gasteiger partial charge in [0.1, 0.15) is 5.75 Å². The number of phenols is 1. The molecule has 2 atom stereocenters. The minimum Gasteiger partial charge on any atom is -0.507 e. The summed E-state index contributed by atoms with van der Waals surface area (Å²) in [5, 5.41) is 13.8. The zero-order valence-corrected chi connectivity index (χ0v) is 19.3. The quantitative estimate of drug-likeness (QED) is 0.493. The highest BCUT2D eigenvalue weighted by Crippen LogP contribution is 2.35. The Labute approximate surface area is 196 Å². The second kappa shape index (κ2) is 9.09. The molecule has 2 heterocycles. The molecule has 1 aliphatic rings. The molecule has 1 aliphatic heterocycles. The van der Waals surface area contributed by atoms with Gasteiger partial charge >= 0.3 is 6.18 Å². The predicted molar refractivity (Wildman–Crippen MR) is 121 cm³/mol. The van der Waals surface area contributed by atoms with E-state index in [0.717, 1.165) is 23.5 Å². The van der Waals surface area contributed by atoms with Crippen molar-refractivity contribution < 1.29 is 27.8 Å². The van der Waals surface area contributed by atoms with E-state index in [1.807, 2.05) is 13.8 Å². The van der Waals surface area contributed by atoms with E-state index in [4.69, 9.17) is 16.3 Å². The molecule has 11 heteroatoms. The molecular formula is C22H21ClF3N3O3S. The third kappa shape index (κ3) is 5.24. The lowest BCUT2D eigenvalue weighted by atomic mass is 10.1. The third-order valence-corrected chi connectivity index (χ3v) is 6.57. The number of phenolic OH excluding ortho intramolecular Hbond substituents is 1. The van der Waals surface area contributed by atoms with Gasteiger partial charge < -0.3 is 9.84 Å². The van der Waals surface area contributed by atoms with Crippen molar-refractivity contribution in [3.63, 3.8) is 0 Å². The van der Waals surface area contributed by atoms with Crippen molar-refractivity contribution in [2.24, 2.45) is 0 Å². The van der Waals surface area contributed by atoms with Gasteiger partial charge in [-0.1, -0.05) is 22.9 Å². The first-order valence-corrected chi connectivity index (χ1v) is 11.4. The van der Waals surface area contributed by atoms with Crippen LogP contribution in [0.1, 0.15) is 35.3 Å². The number of benzene rings is 2. The number of fused-ring (bicyclic) bond motifs is 1. The maximum absolute atomic E-state index is 12.9. The van der Waals surface area contributed by atoms with Crippen LogP contribution in [0.2, 0.25) is 5.02 Å². The molecule has 33 heavy (non-hydrogen) atoms. The lowest BCUT2D eigenvalue weighted by Gasteiger charge is -2.35. The van der Waals surface area contributed by atoms with Gasteiger partial charge in [0.05, 0.1) is 33.6 Å². The van der Waals surface area contributed by atoms with Gasteiger partial charge in [0.2, 0.25) is 0 Å². The van der Waals surface area contributed by atoms with Crippen LogP contribution >= 0.6 is 22.9 Å². The van der Waals surface area contributed by atoms with Crippen molar-refractivity contribution in [2.45, 2.75) is 38.8 Å². The Morgan fingerprint density at radius 3 is 2.64 bits per heavy atom. The molecule has 4 rings (SSSR count). The van der Waals surface area contributed by atoms with Crippen molar-refractivity contribution in [3.8, 4) is 5.75 Å². The summed E-state index contributed by atoms with van der Waals surface area (Å²) >= 11 is 7.23. The van der Waals surface area contributed by atoms with Crippen LogP contribution in [0, 0.1) is 0 Å². The van der Waals surface area contributed by atoms with Gasteiger partial charge in [-0.25, -0.2) is 4.98 Å². The summed E-state index contributed by atoms with van der Waals surface area (Å²) < 4.78 is 44.8. The number of nitrogens with one attached hydrogen (secondary N) is 1. The fraction of sp³-hybridized carbons (Fsp3) is 0.364. The second-order valence-electron chi connectivity index (χ2n) is 8.03. The minimum atomic E-state index is -4.47. The lowest BCUT2D eigenvalue weighted by Crippen LogP contribution is -2.44. The number of thiazole rings is 1. The molecule has 6 nitrogen and oxygen atoms in total. The Kier molecular flexibility index (Phi) is 6.54. The Hall–Kier alpha value is -2.40. The molecule has 0 spiro atoms. The number of halogens is 4. The summed E-state index contributed by atoms with van der Waals surface area (Å²) in [6.07, 6.45) is -4.42. The highest BCUT2D eigenvalue weighted by atomic mass is 35.5. The van der Waals surface area contributed by atoms with Crippen molar-refractivity contribution in [1.82, 2.24) is 9.88 Å². The Morgan fingerprint density at radius 2 is 1.97 bits per heavy atom. The molecular weight excluding hydrogens is 479 g/mol. The molecule has 1 amide bonds. The summed E-state index contributed by atoms with van der Waals surface area (Å²) in [6.45, 7) is 5.57. The van der Waals surface area contributed by atoms with Crippen molar-refractivity contribution in [3.05, 3.63) is 52.0 Å². The zero-order chi connectivity index (χ0) is 23.9. The number of hydrogen-bond donors (Lipinski definition) is 2. The number of amides is 1. The molecule has 176 valence electrons. The maximum atomic E-state index is 12.9. The van der Waals surface area contributed by atoms with Gasteiger partial charge in [-0.2, -0.15) is 13.2 Å². The Balaban J connectivity index is 1.55. The SMILES string of the molecule is CC1CN(Cc2c(Cl)ccc(C(=O)Nc3nc4ccc(C(F)(F)F)cc4s3)c2O)CC(C)O1. The summed E-state index contributed by atoms with van der Waals surface area (Å²) in [5.74, 6) is -0.878. The Bertz CT molecular complexity index is 1190. The molecule has 1 saturated heterocycles. The lowest BCUT2D eigenvalue weighted by molar-refractivity contribution is -0.137. The van der Waals surface area contributed by atoms with Crippen molar-refractivity contribution >= 4 is 44.2 Å². The number of hydrogen-bond acceptors (Lipinski definition) is 6. The number of ether oxygens (including phenoxy) is 1. The smallest absolute Gasteiger partial charge is 0.416 e. The average molecular weight is 500 g/mol. The maximum Gasteiger partial charge on any atom is 0.416 e. The van der Waals surface area contributed by atoms with Crippen LogP contribution < -0.4 is 5.32 Å².